The van der Waals surface area contributed by atoms with Crippen LogP contribution in [0.3, 0.4) is 0 Å². The second kappa shape index (κ2) is 6.29. The van der Waals surface area contributed by atoms with Crippen LogP contribution in [0.4, 0.5) is 0 Å². The smallest absolute Gasteiger partial charge is 0.134 e. The SMILES string of the molecule is COc1ccc(-c2csc(/C(C#N)=C/c3ccco3)n2)cc1. The Kier molecular flexibility index (Phi) is 4.03. The molecule has 108 valence electrons. The summed E-state index contributed by atoms with van der Waals surface area (Å²) < 4.78 is 10.4. The third-order valence-electron chi connectivity index (χ3n) is 3.07. The molecule has 0 aliphatic rings. The molecule has 0 saturated heterocycles. The molecule has 1 aromatic carbocycles. The number of hydrogen-bond donors (Lipinski definition) is 0. The number of furan rings is 1. The molecule has 0 radical (unpaired) electrons. The third-order valence-corrected chi connectivity index (χ3v) is 3.95. The first-order valence-corrected chi connectivity index (χ1v) is 7.44. The fraction of sp³-hybridized carbons (Fsp3) is 0.0588. The quantitative estimate of drug-likeness (QED) is 0.667. The number of benzene rings is 1. The molecule has 0 unspecified atom stereocenters. The van der Waals surface area contributed by atoms with Crippen LogP contribution in [0.5, 0.6) is 5.75 Å². The van der Waals surface area contributed by atoms with Gasteiger partial charge in [-0.3, -0.25) is 0 Å². The van der Waals surface area contributed by atoms with Crippen molar-refractivity contribution in [3.63, 3.8) is 0 Å². The van der Waals surface area contributed by atoms with E-state index in [0.717, 1.165) is 17.0 Å². The van der Waals surface area contributed by atoms with E-state index in [4.69, 9.17) is 9.15 Å². The van der Waals surface area contributed by atoms with Gasteiger partial charge in [0.05, 0.1) is 24.6 Å². The van der Waals surface area contributed by atoms with Gasteiger partial charge >= 0.3 is 0 Å². The zero-order chi connectivity index (χ0) is 15.4. The maximum Gasteiger partial charge on any atom is 0.134 e. The second-order valence-corrected chi connectivity index (χ2v) is 5.31. The summed E-state index contributed by atoms with van der Waals surface area (Å²) in [5.74, 6) is 1.44. The number of ether oxygens (including phenoxy) is 1. The first-order valence-electron chi connectivity index (χ1n) is 6.56. The minimum atomic E-state index is 0.486. The lowest BCUT2D eigenvalue weighted by atomic mass is 10.1. The lowest BCUT2D eigenvalue weighted by Crippen LogP contribution is -1.84. The molecule has 0 amide bonds. The highest BCUT2D eigenvalue weighted by Gasteiger charge is 2.09. The molecule has 0 fully saturated rings. The standard InChI is InChI=1S/C17H12N2O2S/c1-20-14-6-4-12(5-7-14)16-11-22-17(19-16)13(10-18)9-15-3-2-8-21-15/h2-9,11H,1H3/b13-9+. The molecule has 2 aromatic heterocycles. The molecule has 4 nitrogen and oxygen atoms in total. The van der Waals surface area contributed by atoms with Crippen molar-refractivity contribution in [3.05, 3.63) is 58.8 Å². The zero-order valence-electron chi connectivity index (χ0n) is 11.8. The van der Waals surface area contributed by atoms with E-state index in [0.29, 0.717) is 16.3 Å². The van der Waals surface area contributed by atoms with Crippen LogP contribution in [0, 0.1) is 11.3 Å². The van der Waals surface area contributed by atoms with Gasteiger partial charge in [0.2, 0.25) is 0 Å². The van der Waals surface area contributed by atoms with E-state index in [1.165, 1.54) is 11.3 Å². The maximum atomic E-state index is 9.32. The van der Waals surface area contributed by atoms with Crippen molar-refractivity contribution in [2.45, 2.75) is 0 Å². The molecule has 2 heterocycles. The molecular weight excluding hydrogens is 296 g/mol. The van der Waals surface area contributed by atoms with Crippen molar-refractivity contribution >= 4 is 23.0 Å². The highest BCUT2D eigenvalue weighted by atomic mass is 32.1. The zero-order valence-corrected chi connectivity index (χ0v) is 12.6. The van der Waals surface area contributed by atoms with Crippen LogP contribution in [-0.4, -0.2) is 12.1 Å². The second-order valence-electron chi connectivity index (χ2n) is 4.45. The molecular formula is C17H12N2O2S. The van der Waals surface area contributed by atoms with Gasteiger partial charge in [-0.2, -0.15) is 5.26 Å². The number of methoxy groups -OCH3 is 1. The summed E-state index contributed by atoms with van der Waals surface area (Å²) in [5, 5.41) is 11.9. The summed E-state index contributed by atoms with van der Waals surface area (Å²) in [6.07, 6.45) is 3.27. The molecule has 0 atom stereocenters. The Hall–Kier alpha value is -2.84. The summed E-state index contributed by atoms with van der Waals surface area (Å²) in [6, 6.07) is 13.4. The van der Waals surface area contributed by atoms with Crippen LogP contribution in [0.15, 0.2) is 52.5 Å². The predicted octanol–water partition coefficient (Wildman–Crippen LogP) is 4.48. The monoisotopic (exact) mass is 308 g/mol. The van der Waals surface area contributed by atoms with Gasteiger partial charge in [-0.1, -0.05) is 0 Å². The van der Waals surface area contributed by atoms with Gasteiger partial charge < -0.3 is 9.15 Å². The van der Waals surface area contributed by atoms with Crippen molar-refractivity contribution in [2.24, 2.45) is 0 Å². The fourth-order valence-electron chi connectivity index (χ4n) is 1.95. The first kappa shape index (κ1) is 14.1. The number of aromatic nitrogens is 1. The molecule has 5 heteroatoms. The number of nitrogens with zero attached hydrogens (tertiary/aromatic N) is 2. The van der Waals surface area contributed by atoms with E-state index >= 15 is 0 Å². The molecule has 0 aliphatic carbocycles. The van der Waals surface area contributed by atoms with Crippen molar-refractivity contribution in [2.75, 3.05) is 7.11 Å². The van der Waals surface area contributed by atoms with E-state index in [-0.39, 0.29) is 0 Å². The molecule has 0 bridgehead atoms. The van der Waals surface area contributed by atoms with Gasteiger partial charge in [0.25, 0.3) is 0 Å². The average Bonchev–Trinajstić information content (AvgIpc) is 3.24. The summed E-state index contributed by atoms with van der Waals surface area (Å²) in [7, 11) is 1.63. The van der Waals surface area contributed by atoms with Gasteiger partial charge in [-0.15, -0.1) is 11.3 Å². The summed E-state index contributed by atoms with van der Waals surface area (Å²) in [4.78, 5) is 4.53. The van der Waals surface area contributed by atoms with Gasteiger partial charge in [0, 0.05) is 17.0 Å². The molecule has 0 aliphatic heterocycles. The molecule has 3 rings (SSSR count). The van der Waals surface area contributed by atoms with Crippen LogP contribution in [0.2, 0.25) is 0 Å². The Morgan fingerprint density at radius 1 is 1.32 bits per heavy atom. The molecule has 0 N–H and O–H groups in total. The lowest BCUT2D eigenvalue weighted by Gasteiger charge is -2.00. The number of nitriles is 1. The lowest BCUT2D eigenvalue weighted by molar-refractivity contribution is 0.415. The van der Waals surface area contributed by atoms with E-state index in [9.17, 15) is 5.26 Å². The van der Waals surface area contributed by atoms with Crippen LogP contribution in [0.25, 0.3) is 22.9 Å². The van der Waals surface area contributed by atoms with Crippen LogP contribution in [0.1, 0.15) is 10.8 Å². The number of hydrogen-bond acceptors (Lipinski definition) is 5. The van der Waals surface area contributed by atoms with Crippen LogP contribution in [-0.2, 0) is 0 Å². The third kappa shape index (κ3) is 2.92. The topological polar surface area (TPSA) is 59.0 Å². The minimum absolute atomic E-state index is 0.486. The minimum Gasteiger partial charge on any atom is -0.497 e. The number of rotatable bonds is 4. The largest absolute Gasteiger partial charge is 0.497 e. The van der Waals surface area contributed by atoms with E-state index in [1.807, 2.05) is 29.6 Å². The normalized spacial score (nSPS) is 11.2. The van der Waals surface area contributed by atoms with Gasteiger partial charge in [0.1, 0.15) is 22.6 Å². The van der Waals surface area contributed by atoms with Crippen molar-refractivity contribution in [3.8, 4) is 23.1 Å². The predicted molar refractivity (Wildman–Crippen MR) is 86.3 cm³/mol. The summed E-state index contributed by atoms with van der Waals surface area (Å²) in [6.45, 7) is 0. The summed E-state index contributed by atoms with van der Waals surface area (Å²) in [5.41, 5.74) is 2.31. The van der Waals surface area contributed by atoms with Gasteiger partial charge in [0.15, 0.2) is 0 Å². The van der Waals surface area contributed by atoms with Crippen molar-refractivity contribution in [1.29, 1.82) is 5.26 Å². The van der Waals surface area contributed by atoms with Crippen molar-refractivity contribution in [1.82, 2.24) is 4.98 Å². The molecule has 3 aromatic rings. The summed E-state index contributed by atoms with van der Waals surface area (Å²) >= 11 is 1.43. The van der Waals surface area contributed by atoms with E-state index in [2.05, 4.69) is 11.1 Å². The molecule has 0 spiro atoms. The Morgan fingerprint density at radius 3 is 2.77 bits per heavy atom. The average molecular weight is 308 g/mol. The van der Waals surface area contributed by atoms with Crippen LogP contribution < -0.4 is 4.74 Å². The maximum absolute atomic E-state index is 9.32. The van der Waals surface area contributed by atoms with Crippen molar-refractivity contribution < 1.29 is 9.15 Å². The Labute approximate surface area is 131 Å². The Balaban J connectivity index is 1.90. The molecule has 22 heavy (non-hydrogen) atoms. The van der Waals surface area contributed by atoms with Gasteiger partial charge in [-0.05, 0) is 36.4 Å². The highest BCUT2D eigenvalue weighted by Crippen LogP contribution is 2.28. The first-order chi connectivity index (χ1) is 10.8. The van der Waals surface area contributed by atoms with Gasteiger partial charge in [-0.25, -0.2) is 4.98 Å². The number of thiazole rings is 1. The fourth-order valence-corrected chi connectivity index (χ4v) is 2.74. The molecule has 0 saturated carbocycles. The van der Waals surface area contributed by atoms with E-state index in [1.54, 1.807) is 31.6 Å². The Bertz CT molecular complexity index is 824. The van der Waals surface area contributed by atoms with Crippen LogP contribution >= 0.6 is 11.3 Å². The Morgan fingerprint density at radius 2 is 2.14 bits per heavy atom. The highest BCUT2D eigenvalue weighted by molar-refractivity contribution is 7.11. The number of allylic oxidation sites excluding steroid dienone is 1. The van der Waals surface area contributed by atoms with E-state index < -0.39 is 0 Å².